The van der Waals surface area contributed by atoms with Gasteiger partial charge in [-0.1, -0.05) is 0 Å². The molecule has 0 aromatic carbocycles. The number of nitrogens with zero attached hydrogens (tertiary/aromatic N) is 3. The average molecular weight is 324 g/mol. The first-order chi connectivity index (χ1) is 11.0. The van der Waals surface area contributed by atoms with E-state index in [1.807, 2.05) is 13.8 Å². The van der Waals surface area contributed by atoms with E-state index < -0.39 is 0 Å². The lowest BCUT2D eigenvalue weighted by molar-refractivity contribution is -0.146. The van der Waals surface area contributed by atoms with E-state index in [0.717, 1.165) is 5.69 Å². The van der Waals surface area contributed by atoms with E-state index >= 15 is 0 Å². The van der Waals surface area contributed by atoms with Gasteiger partial charge in [0, 0.05) is 26.7 Å². The normalized spacial score (nSPS) is 18.3. The molecule has 2 rings (SSSR count). The van der Waals surface area contributed by atoms with Crippen molar-refractivity contribution in [3.8, 4) is 0 Å². The Balaban J connectivity index is 1.89. The number of carbonyl (C=O) groups excluding carboxylic acids is 2. The summed E-state index contributed by atoms with van der Waals surface area (Å²) in [6.07, 6.45) is -0.192. The summed E-state index contributed by atoms with van der Waals surface area (Å²) in [6, 6.07) is 1.75. The summed E-state index contributed by atoms with van der Waals surface area (Å²) in [5, 5.41) is 7.16. The predicted molar refractivity (Wildman–Crippen MR) is 83.2 cm³/mol. The quantitative estimate of drug-likeness (QED) is 0.703. The molecule has 2 heterocycles. The molecule has 0 bridgehead atoms. The predicted octanol–water partition coefficient (Wildman–Crippen LogP) is -0.185. The Bertz CT molecular complexity index is 558. The molecule has 1 unspecified atom stereocenters. The van der Waals surface area contributed by atoms with Crippen LogP contribution in [-0.4, -0.2) is 72.6 Å². The fraction of sp³-hybridized carbons (Fsp3) is 0.667. The lowest BCUT2D eigenvalue weighted by atomic mass is 10.2. The van der Waals surface area contributed by atoms with Crippen LogP contribution in [0.25, 0.3) is 0 Å². The van der Waals surface area contributed by atoms with Crippen LogP contribution >= 0.6 is 0 Å². The van der Waals surface area contributed by atoms with Crippen LogP contribution in [0.15, 0.2) is 6.07 Å². The molecule has 0 spiro atoms. The van der Waals surface area contributed by atoms with Crippen LogP contribution in [0.4, 0.5) is 0 Å². The molecule has 0 radical (unpaired) electrons. The van der Waals surface area contributed by atoms with Crippen molar-refractivity contribution in [1.29, 1.82) is 0 Å². The Morgan fingerprint density at radius 2 is 2.35 bits per heavy atom. The van der Waals surface area contributed by atoms with Gasteiger partial charge in [0.25, 0.3) is 5.91 Å². The van der Waals surface area contributed by atoms with Crippen LogP contribution in [0.3, 0.4) is 0 Å². The van der Waals surface area contributed by atoms with Gasteiger partial charge in [0.15, 0.2) is 0 Å². The second-order valence-corrected chi connectivity index (χ2v) is 5.51. The highest BCUT2D eigenvalue weighted by Crippen LogP contribution is 2.06. The molecule has 23 heavy (non-hydrogen) atoms. The maximum atomic E-state index is 12.4. The molecular formula is C15H24N4O4. The molecular weight excluding hydrogens is 300 g/mol. The van der Waals surface area contributed by atoms with Crippen molar-refractivity contribution in [2.45, 2.75) is 26.5 Å². The van der Waals surface area contributed by atoms with Crippen LogP contribution in [0, 0.1) is 6.92 Å². The minimum atomic E-state index is -0.203. The van der Waals surface area contributed by atoms with Gasteiger partial charge in [-0.05, 0) is 19.9 Å². The first kappa shape index (κ1) is 17.4. The third kappa shape index (κ3) is 4.77. The summed E-state index contributed by atoms with van der Waals surface area (Å²) >= 11 is 0. The van der Waals surface area contributed by atoms with Crippen LogP contribution < -0.4 is 5.32 Å². The zero-order valence-corrected chi connectivity index (χ0v) is 13.9. The van der Waals surface area contributed by atoms with Gasteiger partial charge >= 0.3 is 0 Å². The summed E-state index contributed by atoms with van der Waals surface area (Å²) in [5.41, 5.74) is 1.29. The monoisotopic (exact) mass is 324 g/mol. The molecule has 128 valence electrons. The number of carbonyl (C=O) groups is 2. The van der Waals surface area contributed by atoms with Gasteiger partial charge in [0.2, 0.25) is 5.91 Å². The van der Waals surface area contributed by atoms with Crippen LogP contribution in [-0.2, 0) is 20.8 Å². The molecule has 2 amide bonds. The minimum absolute atomic E-state index is 0.0443. The van der Waals surface area contributed by atoms with Crippen molar-refractivity contribution in [1.82, 2.24) is 20.0 Å². The highest BCUT2D eigenvalue weighted by atomic mass is 16.5. The van der Waals surface area contributed by atoms with E-state index in [2.05, 4.69) is 10.4 Å². The number of amides is 2. The summed E-state index contributed by atoms with van der Waals surface area (Å²) in [4.78, 5) is 25.3. The third-order valence-corrected chi connectivity index (χ3v) is 3.62. The fourth-order valence-corrected chi connectivity index (χ4v) is 2.37. The van der Waals surface area contributed by atoms with Crippen molar-refractivity contribution in [3.05, 3.63) is 17.5 Å². The summed E-state index contributed by atoms with van der Waals surface area (Å²) in [7, 11) is 1.73. The number of nitrogens with one attached hydrogen (secondary N) is 1. The van der Waals surface area contributed by atoms with Crippen molar-refractivity contribution >= 4 is 11.8 Å². The Morgan fingerprint density at radius 1 is 1.57 bits per heavy atom. The second-order valence-electron chi connectivity index (χ2n) is 5.51. The maximum absolute atomic E-state index is 12.4. The molecule has 8 heteroatoms. The first-order valence-corrected chi connectivity index (χ1v) is 7.77. The molecule has 1 saturated heterocycles. The van der Waals surface area contributed by atoms with Crippen molar-refractivity contribution in [2.75, 3.05) is 40.0 Å². The molecule has 1 aromatic rings. The molecule has 1 fully saturated rings. The zero-order chi connectivity index (χ0) is 16.8. The zero-order valence-electron chi connectivity index (χ0n) is 13.9. The number of hydrogen-bond donors (Lipinski definition) is 1. The second kappa shape index (κ2) is 8.07. The van der Waals surface area contributed by atoms with E-state index in [9.17, 15) is 9.59 Å². The topological polar surface area (TPSA) is 85.7 Å². The van der Waals surface area contributed by atoms with Crippen molar-refractivity contribution in [2.24, 2.45) is 0 Å². The fourth-order valence-electron chi connectivity index (χ4n) is 2.37. The number of likely N-dealkylation sites (N-methyl/N-ethyl adjacent to an activating group) is 1. The van der Waals surface area contributed by atoms with Crippen LogP contribution in [0.5, 0.6) is 0 Å². The van der Waals surface area contributed by atoms with Gasteiger partial charge in [-0.15, -0.1) is 0 Å². The highest BCUT2D eigenvalue weighted by Gasteiger charge is 2.24. The van der Waals surface area contributed by atoms with E-state index in [4.69, 9.17) is 9.47 Å². The molecule has 0 saturated carbocycles. The number of morpholine rings is 1. The molecule has 1 aliphatic rings. The molecule has 0 aliphatic carbocycles. The highest BCUT2D eigenvalue weighted by molar-refractivity contribution is 5.92. The van der Waals surface area contributed by atoms with E-state index in [0.29, 0.717) is 38.5 Å². The first-order valence-electron chi connectivity index (χ1n) is 7.77. The van der Waals surface area contributed by atoms with Gasteiger partial charge in [-0.25, -0.2) is 0 Å². The number of aryl methyl sites for hydroxylation is 1. The van der Waals surface area contributed by atoms with Crippen LogP contribution in [0.2, 0.25) is 0 Å². The average Bonchev–Trinajstić information content (AvgIpc) is 2.89. The Hall–Kier alpha value is -1.93. The standard InChI is InChI=1S/C15H24N4O4/c1-4-22-6-5-19-13(7-11(2)17-19)15(21)16-8-12-9-18(3)14(20)10-23-12/h7,12H,4-6,8-10H2,1-3H3,(H,16,21). The SMILES string of the molecule is CCOCCn1nc(C)cc1C(=O)NCC1CN(C)C(=O)CO1. The minimum Gasteiger partial charge on any atom is -0.380 e. The molecule has 8 nitrogen and oxygen atoms in total. The van der Waals surface area contributed by atoms with Gasteiger partial charge < -0.3 is 19.7 Å². The molecule has 1 atom stereocenters. The Labute approximate surface area is 135 Å². The maximum Gasteiger partial charge on any atom is 0.269 e. The molecule has 1 N–H and O–H groups in total. The number of ether oxygens (including phenoxy) is 2. The van der Waals surface area contributed by atoms with E-state index in [-0.39, 0.29) is 24.5 Å². The van der Waals surface area contributed by atoms with Crippen molar-refractivity contribution in [3.63, 3.8) is 0 Å². The van der Waals surface area contributed by atoms with Gasteiger partial charge in [-0.3, -0.25) is 14.3 Å². The van der Waals surface area contributed by atoms with Crippen LogP contribution in [0.1, 0.15) is 23.1 Å². The lowest BCUT2D eigenvalue weighted by Crippen LogP contribution is -2.48. The van der Waals surface area contributed by atoms with Crippen molar-refractivity contribution < 1.29 is 19.1 Å². The number of rotatable bonds is 7. The summed E-state index contributed by atoms with van der Waals surface area (Å²) in [5.74, 6) is -0.248. The van der Waals surface area contributed by atoms with Gasteiger partial charge in [0.1, 0.15) is 12.3 Å². The smallest absolute Gasteiger partial charge is 0.269 e. The van der Waals surface area contributed by atoms with Gasteiger partial charge in [-0.2, -0.15) is 5.10 Å². The van der Waals surface area contributed by atoms with E-state index in [1.54, 1.807) is 22.7 Å². The van der Waals surface area contributed by atoms with E-state index in [1.165, 1.54) is 0 Å². The number of hydrogen-bond acceptors (Lipinski definition) is 5. The summed E-state index contributed by atoms with van der Waals surface area (Å²) < 4.78 is 12.4. The molecule has 1 aromatic heterocycles. The number of aromatic nitrogens is 2. The third-order valence-electron chi connectivity index (χ3n) is 3.62. The lowest BCUT2D eigenvalue weighted by Gasteiger charge is -2.29. The Morgan fingerprint density at radius 3 is 3.04 bits per heavy atom. The van der Waals surface area contributed by atoms with Gasteiger partial charge in [0.05, 0.1) is 24.9 Å². The molecule has 1 aliphatic heterocycles. The largest absolute Gasteiger partial charge is 0.380 e. The summed E-state index contributed by atoms with van der Waals surface area (Å²) in [6.45, 7) is 6.33. The Kier molecular flexibility index (Phi) is 6.12.